The van der Waals surface area contributed by atoms with Crippen LogP contribution < -0.4 is 10.1 Å². The van der Waals surface area contributed by atoms with E-state index in [-0.39, 0.29) is 12.6 Å². The molecule has 0 spiro atoms. The fourth-order valence-electron chi connectivity index (χ4n) is 3.12. The Labute approximate surface area is 146 Å². The predicted molar refractivity (Wildman–Crippen MR) is 94.8 cm³/mol. The average Bonchev–Trinajstić information content (AvgIpc) is 2.65. The second-order valence-electron chi connectivity index (χ2n) is 6.18. The summed E-state index contributed by atoms with van der Waals surface area (Å²) < 4.78 is 5.79. The quantitative estimate of drug-likeness (QED) is 0.819. The third kappa shape index (κ3) is 4.21. The molecule has 1 fully saturated rings. The van der Waals surface area contributed by atoms with Gasteiger partial charge >= 0.3 is 12.0 Å². The lowest BCUT2D eigenvalue weighted by Crippen LogP contribution is -2.47. The van der Waals surface area contributed by atoms with Crippen LogP contribution >= 0.6 is 0 Å². The number of hydrogen-bond donors (Lipinski definition) is 2. The van der Waals surface area contributed by atoms with Crippen LogP contribution in [0.3, 0.4) is 0 Å². The molecule has 1 aliphatic heterocycles. The van der Waals surface area contributed by atoms with Crippen molar-refractivity contribution in [3.8, 4) is 5.75 Å². The molecule has 2 aromatic rings. The van der Waals surface area contributed by atoms with Gasteiger partial charge in [-0.25, -0.2) is 4.79 Å². The number of urea groups is 1. The van der Waals surface area contributed by atoms with E-state index in [1.54, 1.807) is 4.90 Å². The lowest BCUT2D eigenvalue weighted by Gasteiger charge is -2.30. The van der Waals surface area contributed by atoms with E-state index in [4.69, 9.17) is 9.84 Å². The standard InChI is InChI=1S/C19H22N2O4/c22-18(23)15-7-4-11-21(13-15)19(24)20-10-12-25-17-9-3-6-14-5-1-2-8-16(14)17/h1-3,5-6,8-9,15H,4,7,10-13H2,(H,20,24)(H,22,23). The maximum atomic E-state index is 12.2. The Kier molecular flexibility index (Phi) is 5.38. The molecule has 1 heterocycles. The number of benzene rings is 2. The zero-order valence-electron chi connectivity index (χ0n) is 14.0. The molecule has 1 atom stereocenters. The van der Waals surface area contributed by atoms with Crippen LogP contribution in [0.25, 0.3) is 10.8 Å². The molecule has 2 N–H and O–H groups in total. The number of amides is 2. The number of nitrogens with zero attached hydrogens (tertiary/aromatic N) is 1. The topological polar surface area (TPSA) is 78.9 Å². The summed E-state index contributed by atoms with van der Waals surface area (Å²) in [6.07, 6.45) is 1.35. The molecular formula is C19H22N2O4. The number of aliphatic carboxylic acids is 1. The zero-order chi connectivity index (χ0) is 17.6. The van der Waals surface area contributed by atoms with Gasteiger partial charge < -0.3 is 20.1 Å². The van der Waals surface area contributed by atoms with E-state index in [0.29, 0.717) is 26.1 Å². The Morgan fingerprint density at radius 1 is 1.20 bits per heavy atom. The minimum atomic E-state index is -0.836. The van der Waals surface area contributed by atoms with Crippen LogP contribution in [0.15, 0.2) is 42.5 Å². The summed E-state index contributed by atoms with van der Waals surface area (Å²) in [6, 6.07) is 13.6. The highest BCUT2D eigenvalue weighted by Gasteiger charge is 2.27. The molecule has 6 nitrogen and oxygen atoms in total. The van der Waals surface area contributed by atoms with Crippen LogP contribution in [0, 0.1) is 5.92 Å². The van der Waals surface area contributed by atoms with Gasteiger partial charge in [0.25, 0.3) is 0 Å². The molecule has 132 valence electrons. The molecule has 1 aliphatic rings. The maximum Gasteiger partial charge on any atom is 0.317 e. The van der Waals surface area contributed by atoms with Gasteiger partial charge in [0.15, 0.2) is 0 Å². The van der Waals surface area contributed by atoms with Crippen molar-refractivity contribution in [1.82, 2.24) is 10.2 Å². The van der Waals surface area contributed by atoms with Crippen molar-refractivity contribution in [2.75, 3.05) is 26.2 Å². The first-order valence-electron chi connectivity index (χ1n) is 8.51. The number of ether oxygens (including phenoxy) is 1. The average molecular weight is 342 g/mol. The van der Waals surface area contributed by atoms with Crippen molar-refractivity contribution < 1.29 is 19.4 Å². The van der Waals surface area contributed by atoms with Crippen molar-refractivity contribution >= 4 is 22.8 Å². The number of carbonyl (C=O) groups is 2. The summed E-state index contributed by atoms with van der Waals surface area (Å²) in [5.41, 5.74) is 0. The van der Waals surface area contributed by atoms with Crippen LogP contribution in [-0.2, 0) is 4.79 Å². The number of carbonyl (C=O) groups excluding carboxylic acids is 1. The molecule has 25 heavy (non-hydrogen) atoms. The number of rotatable bonds is 5. The lowest BCUT2D eigenvalue weighted by atomic mass is 9.99. The number of nitrogens with one attached hydrogen (secondary N) is 1. The van der Waals surface area contributed by atoms with Crippen LogP contribution in [0.4, 0.5) is 4.79 Å². The Bertz CT molecular complexity index is 757. The minimum absolute atomic E-state index is 0.229. The molecule has 0 aromatic heterocycles. The van der Waals surface area contributed by atoms with Crippen LogP contribution in [0.5, 0.6) is 5.75 Å². The molecule has 6 heteroatoms. The van der Waals surface area contributed by atoms with Gasteiger partial charge in [0.1, 0.15) is 12.4 Å². The van der Waals surface area contributed by atoms with Crippen LogP contribution in [0.2, 0.25) is 0 Å². The molecule has 3 rings (SSSR count). The minimum Gasteiger partial charge on any atom is -0.491 e. The molecule has 0 aliphatic carbocycles. The fraction of sp³-hybridized carbons (Fsp3) is 0.368. The molecule has 1 unspecified atom stereocenters. The summed E-state index contributed by atoms with van der Waals surface area (Å²) in [7, 11) is 0. The normalized spacial score (nSPS) is 17.3. The largest absolute Gasteiger partial charge is 0.491 e. The van der Waals surface area contributed by atoms with Crippen molar-refractivity contribution in [1.29, 1.82) is 0 Å². The van der Waals surface area contributed by atoms with Gasteiger partial charge in [-0.1, -0.05) is 36.4 Å². The van der Waals surface area contributed by atoms with Gasteiger partial charge in [-0.2, -0.15) is 0 Å². The fourth-order valence-corrected chi connectivity index (χ4v) is 3.12. The number of hydrogen-bond acceptors (Lipinski definition) is 3. The number of carboxylic acids is 1. The van der Waals surface area contributed by atoms with Crippen molar-refractivity contribution in [3.05, 3.63) is 42.5 Å². The van der Waals surface area contributed by atoms with Gasteiger partial charge in [0, 0.05) is 18.5 Å². The predicted octanol–water partition coefficient (Wildman–Crippen LogP) is 2.72. The van der Waals surface area contributed by atoms with Gasteiger partial charge in [-0.3, -0.25) is 4.79 Å². The first kappa shape index (κ1) is 17.1. The first-order valence-corrected chi connectivity index (χ1v) is 8.51. The van der Waals surface area contributed by atoms with Crippen molar-refractivity contribution in [3.63, 3.8) is 0 Å². The third-order valence-corrected chi connectivity index (χ3v) is 4.44. The van der Waals surface area contributed by atoms with E-state index < -0.39 is 11.9 Å². The smallest absolute Gasteiger partial charge is 0.317 e. The summed E-state index contributed by atoms with van der Waals surface area (Å²) >= 11 is 0. The second kappa shape index (κ2) is 7.88. The summed E-state index contributed by atoms with van der Waals surface area (Å²) in [5, 5.41) is 14.0. The van der Waals surface area contributed by atoms with Gasteiger partial charge in [-0.05, 0) is 24.3 Å². The van der Waals surface area contributed by atoms with E-state index in [0.717, 1.165) is 22.9 Å². The second-order valence-corrected chi connectivity index (χ2v) is 6.18. The van der Waals surface area contributed by atoms with E-state index in [2.05, 4.69) is 5.32 Å². The lowest BCUT2D eigenvalue weighted by molar-refractivity contribution is -0.143. The molecule has 1 saturated heterocycles. The number of carboxylic acid groups (broad SMARTS) is 1. The Morgan fingerprint density at radius 2 is 2.00 bits per heavy atom. The monoisotopic (exact) mass is 342 g/mol. The third-order valence-electron chi connectivity index (χ3n) is 4.44. The highest BCUT2D eigenvalue weighted by Crippen LogP contribution is 2.24. The van der Waals surface area contributed by atoms with Crippen LogP contribution in [0.1, 0.15) is 12.8 Å². The maximum absolute atomic E-state index is 12.2. The zero-order valence-corrected chi connectivity index (χ0v) is 14.0. The Balaban J connectivity index is 1.48. The van der Waals surface area contributed by atoms with Gasteiger partial charge in [-0.15, -0.1) is 0 Å². The Morgan fingerprint density at radius 3 is 2.84 bits per heavy atom. The van der Waals surface area contributed by atoms with Gasteiger partial charge in [0.05, 0.1) is 12.5 Å². The highest BCUT2D eigenvalue weighted by molar-refractivity contribution is 5.88. The number of fused-ring (bicyclic) bond motifs is 1. The molecule has 2 amide bonds. The van der Waals surface area contributed by atoms with E-state index >= 15 is 0 Å². The first-order chi connectivity index (χ1) is 12.1. The van der Waals surface area contributed by atoms with Crippen LogP contribution in [-0.4, -0.2) is 48.2 Å². The summed E-state index contributed by atoms with van der Waals surface area (Å²) in [6.45, 7) is 1.59. The summed E-state index contributed by atoms with van der Waals surface area (Å²) in [5.74, 6) is -0.514. The molecular weight excluding hydrogens is 320 g/mol. The molecule has 0 saturated carbocycles. The number of piperidine rings is 1. The summed E-state index contributed by atoms with van der Waals surface area (Å²) in [4.78, 5) is 24.8. The SMILES string of the molecule is O=C(O)C1CCCN(C(=O)NCCOc2cccc3ccccc23)C1. The van der Waals surface area contributed by atoms with Gasteiger partial charge in [0.2, 0.25) is 0 Å². The molecule has 0 radical (unpaired) electrons. The van der Waals surface area contributed by atoms with Crippen molar-refractivity contribution in [2.45, 2.75) is 12.8 Å². The van der Waals surface area contributed by atoms with E-state index in [1.807, 2.05) is 42.5 Å². The van der Waals surface area contributed by atoms with E-state index in [9.17, 15) is 9.59 Å². The molecule has 0 bridgehead atoms. The number of likely N-dealkylation sites (tertiary alicyclic amines) is 1. The van der Waals surface area contributed by atoms with E-state index in [1.165, 1.54) is 0 Å². The molecule has 2 aromatic carbocycles. The van der Waals surface area contributed by atoms with Crippen molar-refractivity contribution in [2.24, 2.45) is 5.92 Å². The highest BCUT2D eigenvalue weighted by atomic mass is 16.5. The Hall–Kier alpha value is -2.76.